The van der Waals surface area contributed by atoms with Gasteiger partial charge in [-0.05, 0) is 6.07 Å². The molecule has 0 aliphatic carbocycles. The van der Waals surface area contributed by atoms with Crippen LogP contribution >= 0.6 is 0 Å². The second kappa shape index (κ2) is 3.84. The van der Waals surface area contributed by atoms with Crippen molar-refractivity contribution in [2.24, 2.45) is 0 Å². The molecule has 4 nitrogen and oxygen atoms in total. The van der Waals surface area contributed by atoms with Crippen molar-refractivity contribution in [3.05, 3.63) is 34.9 Å². The lowest BCUT2D eigenvalue weighted by Gasteiger charge is -2.17. The summed E-state index contributed by atoms with van der Waals surface area (Å²) >= 11 is 0. The number of halogens is 3. The number of carbonyl (C=O) groups excluding carboxylic acids is 2. The summed E-state index contributed by atoms with van der Waals surface area (Å²) in [6.45, 7) is 0. The van der Waals surface area contributed by atoms with Crippen LogP contribution in [0.5, 0.6) is 0 Å². The molecule has 0 aliphatic heterocycles. The summed E-state index contributed by atoms with van der Waals surface area (Å²) in [5.41, 5.74) is -4.06. The third-order valence-corrected chi connectivity index (χ3v) is 1.79. The molecule has 0 N–H and O–H groups in total. The van der Waals surface area contributed by atoms with E-state index in [0.717, 1.165) is 6.07 Å². The van der Waals surface area contributed by atoms with Crippen molar-refractivity contribution in [2.45, 2.75) is 6.18 Å². The van der Waals surface area contributed by atoms with E-state index in [4.69, 9.17) is 0 Å². The molecular weight excluding hydrogens is 229 g/mol. The van der Waals surface area contributed by atoms with E-state index in [9.17, 15) is 33.0 Å². The first-order valence-corrected chi connectivity index (χ1v) is 3.88. The smallest absolute Gasteiger partial charge is 0.417 e. The minimum absolute atomic E-state index is 0.456. The molecule has 0 amide bonds. The summed E-state index contributed by atoms with van der Waals surface area (Å²) in [6.07, 6.45) is -4.97. The number of aromatic carboxylic acids is 2. The fourth-order valence-electron chi connectivity index (χ4n) is 1.18. The molecule has 0 bridgehead atoms. The van der Waals surface area contributed by atoms with Gasteiger partial charge in [-0.3, -0.25) is 0 Å². The van der Waals surface area contributed by atoms with Gasteiger partial charge in [-0.15, -0.1) is 0 Å². The van der Waals surface area contributed by atoms with Crippen LogP contribution in [0.1, 0.15) is 26.3 Å². The van der Waals surface area contributed by atoms with Gasteiger partial charge in [-0.1, -0.05) is 12.1 Å². The molecular formula is C9H3F3O4-2. The Morgan fingerprint density at radius 2 is 1.62 bits per heavy atom. The van der Waals surface area contributed by atoms with Crippen LogP contribution in [-0.4, -0.2) is 11.9 Å². The minimum Gasteiger partial charge on any atom is -0.545 e. The van der Waals surface area contributed by atoms with Crippen LogP contribution in [0.25, 0.3) is 0 Å². The fraction of sp³-hybridized carbons (Fsp3) is 0.111. The second-order valence-electron chi connectivity index (χ2n) is 2.80. The van der Waals surface area contributed by atoms with Crippen LogP contribution < -0.4 is 10.2 Å². The Labute approximate surface area is 86.9 Å². The van der Waals surface area contributed by atoms with Crippen LogP contribution in [-0.2, 0) is 6.18 Å². The zero-order chi connectivity index (χ0) is 12.5. The van der Waals surface area contributed by atoms with E-state index in [2.05, 4.69) is 0 Å². The number of rotatable bonds is 2. The van der Waals surface area contributed by atoms with Crippen molar-refractivity contribution in [1.29, 1.82) is 0 Å². The summed E-state index contributed by atoms with van der Waals surface area (Å²) in [7, 11) is 0. The third-order valence-electron chi connectivity index (χ3n) is 1.79. The molecule has 0 saturated heterocycles. The minimum atomic E-state index is -4.97. The molecule has 7 heteroatoms. The number of carboxylic acid groups (broad SMARTS) is 2. The van der Waals surface area contributed by atoms with Crippen LogP contribution in [0, 0.1) is 0 Å². The summed E-state index contributed by atoms with van der Waals surface area (Å²) in [6, 6.07) is 1.94. The maximum atomic E-state index is 12.3. The highest BCUT2D eigenvalue weighted by molar-refractivity contribution is 6.01. The molecule has 0 aromatic heterocycles. The van der Waals surface area contributed by atoms with E-state index in [1.165, 1.54) is 0 Å². The Kier molecular flexibility index (Phi) is 2.88. The normalized spacial score (nSPS) is 11.2. The van der Waals surface area contributed by atoms with Crippen molar-refractivity contribution >= 4 is 11.9 Å². The average Bonchev–Trinajstić information content (AvgIpc) is 2.14. The van der Waals surface area contributed by atoms with Gasteiger partial charge in [0, 0.05) is 11.1 Å². The molecule has 0 fully saturated rings. The lowest BCUT2D eigenvalue weighted by Crippen LogP contribution is -2.32. The van der Waals surface area contributed by atoms with Gasteiger partial charge >= 0.3 is 6.18 Å². The Morgan fingerprint density at radius 1 is 1.06 bits per heavy atom. The van der Waals surface area contributed by atoms with E-state index in [0.29, 0.717) is 12.1 Å². The van der Waals surface area contributed by atoms with E-state index >= 15 is 0 Å². The largest absolute Gasteiger partial charge is 0.545 e. The van der Waals surface area contributed by atoms with Gasteiger partial charge in [0.1, 0.15) is 0 Å². The Hall–Kier alpha value is -2.05. The van der Waals surface area contributed by atoms with Crippen molar-refractivity contribution in [3.8, 4) is 0 Å². The monoisotopic (exact) mass is 232 g/mol. The van der Waals surface area contributed by atoms with Crippen LogP contribution in [0.15, 0.2) is 18.2 Å². The van der Waals surface area contributed by atoms with Crippen LogP contribution in [0.4, 0.5) is 13.2 Å². The lowest BCUT2D eigenvalue weighted by molar-refractivity contribution is -0.260. The molecule has 1 rings (SSSR count). The third kappa shape index (κ3) is 2.13. The zero-order valence-corrected chi connectivity index (χ0v) is 7.50. The highest BCUT2D eigenvalue weighted by Gasteiger charge is 2.34. The van der Waals surface area contributed by atoms with Crippen molar-refractivity contribution in [2.75, 3.05) is 0 Å². The average molecular weight is 232 g/mol. The van der Waals surface area contributed by atoms with E-state index in [1.807, 2.05) is 0 Å². The number of hydrogen-bond acceptors (Lipinski definition) is 4. The molecule has 0 heterocycles. The van der Waals surface area contributed by atoms with Gasteiger partial charge in [-0.2, -0.15) is 13.2 Å². The fourth-order valence-corrected chi connectivity index (χ4v) is 1.18. The van der Waals surface area contributed by atoms with Gasteiger partial charge in [-0.25, -0.2) is 0 Å². The van der Waals surface area contributed by atoms with Crippen LogP contribution in [0.3, 0.4) is 0 Å². The standard InChI is InChI=1S/C9H5F3O4/c10-9(11,12)5-3-1-2-4(7(13)14)6(5)8(15)16/h1-3H,(H,13,14)(H,15,16)/p-2. The summed E-state index contributed by atoms with van der Waals surface area (Å²) in [5, 5.41) is 20.9. The highest BCUT2D eigenvalue weighted by atomic mass is 19.4. The summed E-state index contributed by atoms with van der Waals surface area (Å²) in [5.74, 6) is -4.22. The maximum Gasteiger partial charge on any atom is 0.417 e. The molecule has 16 heavy (non-hydrogen) atoms. The Bertz CT molecular complexity index is 451. The lowest BCUT2D eigenvalue weighted by atomic mass is 10.0. The molecule has 0 radical (unpaired) electrons. The molecule has 0 spiro atoms. The quantitative estimate of drug-likeness (QED) is 0.684. The van der Waals surface area contributed by atoms with Crippen molar-refractivity contribution in [3.63, 3.8) is 0 Å². The highest BCUT2D eigenvalue weighted by Crippen LogP contribution is 2.32. The predicted molar refractivity (Wildman–Crippen MR) is 40.1 cm³/mol. The van der Waals surface area contributed by atoms with E-state index < -0.39 is 34.8 Å². The zero-order valence-electron chi connectivity index (χ0n) is 7.50. The first-order valence-electron chi connectivity index (χ1n) is 3.88. The van der Waals surface area contributed by atoms with Gasteiger partial charge in [0.15, 0.2) is 0 Å². The van der Waals surface area contributed by atoms with Crippen molar-refractivity contribution in [1.82, 2.24) is 0 Å². The van der Waals surface area contributed by atoms with Crippen LogP contribution in [0.2, 0.25) is 0 Å². The van der Waals surface area contributed by atoms with Gasteiger partial charge in [0.2, 0.25) is 0 Å². The molecule has 0 unspecified atom stereocenters. The number of carboxylic acids is 2. The number of alkyl halides is 3. The maximum absolute atomic E-state index is 12.3. The van der Waals surface area contributed by atoms with Crippen molar-refractivity contribution < 1.29 is 33.0 Å². The SMILES string of the molecule is O=C([O-])c1cccc(C(F)(F)F)c1C(=O)[O-]. The van der Waals surface area contributed by atoms with Gasteiger partial charge in [0.25, 0.3) is 0 Å². The van der Waals surface area contributed by atoms with E-state index in [-0.39, 0.29) is 0 Å². The number of carbonyl (C=O) groups is 2. The Balaban J connectivity index is 3.58. The predicted octanol–water partition coefficient (Wildman–Crippen LogP) is -0.568. The molecule has 1 aromatic carbocycles. The molecule has 0 aliphatic rings. The van der Waals surface area contributed by atoms with Gasteiger partial charge < -0.3 is 19.8 Å². The summed E-state index contributed by atoms with van der Waals surface area (Å²) < 4.78 is 37.0. The molecule has 0 atom stereocenters. The molecule has 86 valence electrons. The molecule has 0 saturated carbocycles. The van der Waals surface area contributed by atoms with E-state index in [1.54, 1.807) is 0 Å². The summed E-state index contributed by atoms with van der Waals surface area (Å²) in [4.78, 5) is 20.9. The number of benzene rings is 1. The first kappa shape index (κ1) is 12.0. The Morgan fingerprint density at radius 3 is 2.00 bits per heavy atom. The first-order chi connectivity index (χ1) is 7.25. The topological polar surface area (TPSA) is 80.3 Å². The van der Waals surface area contributed by atoms with Gasteiger partial charge in [0.05, 0.1) is 17.5 Å². The second-order valence-corrected chi connectivity index (χ2v) is 2.80. The molecule has 1 aromatic rings. The number of hydrogen-bond donors (Lipinski definition) is 0.